The number of aliphatic hydroxyl groups excluding tert-OH is 1. The van der Waals surface area contributed by atoms with Crippen LogP contribution in [0.25, 0.3) is 5.65 Å². The van der Waals surface area contributed by atoms with E-state index in [1.54, 1.807) is 35.1 Å². The van der Waals surface area contributed by atoms with E-state index in [1.807, 2.05) is 4.90 Å². The van der Waals surface area contributed by atoms with E-state index >= 15 is 0 Å². The summed E-state index contributed by atoms with van der Waals surface area (Å²) in [4.78, 5) is 43.4. The van der Waals surface area contributed by atoms with Crippen molar-refractivity contribution in [1.29, 1.82) is 0 Å². The number of nitrogens with zero attached hydrogens (tertiary/aromatic N) is 7. The van der Waals surface area contributed by atoms with Crippen molar-refractivity contribution in [1.82, 2.24) is 24.1 Å². The maximum atomic E-state index is 13.2. The van der Waals surface area contributed by atoms with Crippen LogP contribution in [0.3, 0.4) is 0 Å². The molecule has 1 atom stereocenters. The molecule has 0 radical (unpaired) electrons. The number of pyridine rings is 1. The zero-order valence-electron chi connectivity index (χ0n) is 22.3. The normalized spacial score (nSPS) is 20.2. The van der Waals surface area contributed by atoms with E-state index in [2.05, 4.69) is 31.7 Å². The van der Waals surface area contributed by atoms with Crippen LogP contribution < -0.4 is 11.5 Å². The van der Waals surface area contributed by atoms with Crippen molar-refractivity contribution in [2.45, 2.75) is 31.8 Å². The molecular formula is C25H35Cl2N9O3. The highest BCUT2D eigenvalue weighted by Gasteiger charge is 2.33. The number of carbonyl (C=O) groups is 2. The number of piperidine rings is 1. The van der Waals surface area contributed by atoms with Crippen molar-refractivity contribution in [2.75, 3.05) is 46.9 Å². The lowest BCUT2D eigenvalue weighted by atomic mass is 9.99. The van der Waals surface area contributed by atoms with Gasteiger partial charge in [0, 0.05) is 77.6 Å². The lowest BCUT2D eigenvalue weighted by Gasteiger charge is -2.46. The Labute approximate surface area is 237 Å². The van der Waals surface area contributed by atoms with Gasteiger partial charge in [-0.3, -0.25) is 23.9 Å². The fraction of sp³-hybridized carbons (Fsp3) is 0.480. The highest BCUT2D eigenvalue weighted by molar-refractivity contribution is 6.66. The van der Waals surface area contributed by atoms with Crippen LogP contribution in [-0.4, -0.2) is 112 Å². The van der Waals surface area contributed by atoms with Gasteiger partial charge >= 0.3 is 0 Å². The Morgan fingerprint density at radius 2 is 1.85 bits per heavy atom. The average molecular weight is 581 g/mol. The highest BCUT2D eigenvalue weighted by Crippen LogP contribution is 2.25. The smallest absolute Gasteiger partial charge is 0.271 e. The number of amidine groups is 1. The van der Waals surface area contributed by atoms with E-state index in [9.17, 15) is 9.59 Å². The SMILES string of the molecule is CN=C(N)/C(=N\C(Cl)=C\N1CCN(C2CCN(C(=O)c3ccc(Cl)n4ccnc34)CC2)C(C)C1)C(N)=O.CO. The topological polar surface area (TPSA) is 158 Å². The fourth-order valence-corrected chi connectivity index (χ4v) is 5.43. The van der Waals surface area contributed by atoms with E-state index in [0.29, 0.717) is 35.5 Å². The molecule has 0 aromatic carbocycles. The number of halogens is 2. The molecule has 12 nitrogen and oxygen atoms in total. The number of aliphatic hydroxyl groups is 1. The molecule has 2 aromatic heterocycles. The van der Waals surface area contributed by atoms with Gasteiger partial charge < -0.3 is 26.4 Å². The summed E-state index contributed by atoms with van der Waals surface area (Å²) in [6.07, 6.45) is 6.89. The second-order valence-corrected chi connectivity index (χ2v) is 9.96. The standard InChI is InChI=1S/C24H31Cl2N9O2.CH4O/c1-15-13-32(14-18(25)31-20(22(28)36)21(27)29-2)11-12-34(15)16-5-8-33(9-6-16)24(37)17-3-4-19(26)35-10-7-30-23(17)35;1-2/h3-4,7,10,14-16H,5-6,8-9,11-13H2,1-2H3,(H2,27,29)(H2,28,36);2H,1H3/b18-14+,31-20+;. The first-order chi connectivity index (χ1) is 18.7. The van der Waals surface area contributed by atoms with Gasteiger partial charge in [-0.05, 0) is 31.9 Å². The quantitative estimate of drug-likeness (QED) is 0.200. The molecule has 212 valence electrons. The number of hydrogen-bond acceptors (Lipinski definition) is 8. The molecule has 4 heterocycles. The Morgan fingerprint density at radius 3 is 2.46 bits per heavy atom. The molecule has 2 saturated heterocycles. The molecule has 2 aromatic rings. The van der Waals surface area contributed by atoms with Gasteiger partial charge in [-0.15, -0.1) is 0 Å². The molecule has 14 heteroatoms. The number of nitrogens with two attached hydrogens (primary N) is 2. The molecule has 2 amide bonds. The Kier molecular flexibility index (Phi) is 10.7. The number of primary amides is 1. The van der Waals surface area contributed by atoms with Gasteiger partial charge in [0.15, 0.2) is 11.4 Å². The van der Waals surface area contributed by atoms with Crippen molar-refractivity contribution in [3.63, 3.8) is 0 Å². The maximum absolute atomic E-state index is 13.2. The zero-order valence-corrected chi connectivity index (χ0v) is 23.8. The lowest BCUT2D eigenvalue weighted by molar-refractivity contribution is -0.111. The van der Waals surface area contributed by atoms with Gasteiger partial charge in [-0.25, -0.2) is 9.98 Å². The predicted octanol–water partition coefficient (Wildman–Crippen LogP) is 1.16. The minimum absolute atomic E-state index is 0.0198. The van der Waals surface area contributed by atoms with Crippen LogP contribution in [0.1, 0.15) is 30.1 Å². The molecule has 0 aliphatic carbocycles. The molecule has 1 unspecified atom stereocenters. The van der Waals surface area contributed by atoms with Crippen molar-refractivity contribution >= 4 is 52.2 Å². The van der Waals surface area contributed by atoms with Gasteiger partial charge in [0.2, 0.25) is 0 Å². The average Bonchev–Trinajstić information content (AvgIpc) is 3.43. The number of aliphatic imine (C=N–C) groups is 2. The summed E-state index contributed by atoms with van der Waals surface area (Å²) in [6, 6.07) is 4.13. The molecule has 2 fully saturated rings. The van der Waals surface area contributed by atoms with Crippen molar-refractivity contribution in [2.24, 2.45) is 21.5 Å². The number of imidazole rings is 1. The summed E-state index contributed by atoms with van der Waals surface area (Å²) in [5.41, 5.74) is 12.0. The number of hydrogen-bond donors (Lipinski definition) is 3. The monoisotopic (exact) mass is 579 g/mol. The summed E-state index contributed by atoms with van der Waals surface area (Å²) in [5, 5.41) is 7.63. The fourth-order valence-electron chi connectivity index (χ4n) is 5.01. The van der Waals surface area contributed by atoms with Crippen molar-refractivity contribution in [3.05, 3.63) is 46.6 Å². The lowest BCUT2D eigenvalue weighted by Crippen LogP contribution is -2.56. The number of rotatable bonds is 6. The number of carbonyl (C=O) groups excluding carboxylic acids is 2. The molecule has 2 aliphatic heterocycles. The van der Waals surface area contributed by atoms with Gasteiger partial charge in [0.25, 0.3) is 11.8 Å². The summed E-state index contributed by atoms with van der Waals surface area (Å²) >= 11 is 12.5. The van der Waals surface area contributed by atoms with Crippen LogP contribution in [0, 0.1) is 0 Å². The van der Waals surface area contributed by atoms with Crippen LogP contribution in [0.4, 0.5) is 0 Å². The van der Waals surface area contributed by atoms with Crippen LogP contribution in [0.2, 0.25) is 5.15 Å². The van der Waals surface area contributed by atoms with Gasteiger partial charge in [0.1, 0.15) is 16.1 Å². The third-order valence-corrected chi connectivity index (χ3v) is 7.38. The first kappa shape index (κ1) is 30.4. The van der Waals surface area contributed by atoms with Crippen molar-refractivity contribution in [3.8, 4) is 0 Å². The summed E-state index contributed by atoms with van der Waals surface area (Å²) in [5.74, 6) is -0.871. The van der Waals surface area contributed by atoms with Gasteiger partial charge in [-0.2, -0.15) is 0 Å². The minimum atomic E-state index is -0.789. The minimum Gasteiger partial charge on any atom is -0.400 e. The third-order valence-electron chi connectivity index (χ3n) is 6.89. The Balaban J connectivity index is 0.00000205. The number of piperazine rings is 1. The van der Waals surface area contributed by atoms with Crippen LogP contribution in [0.15, 0.2) is 45.9 Å². The summed E-state index contributed by atoms with van der Waals surface area (Å²) in [6.45, 7) is 5.88. The second kappa shape index (κ2) is 13.7. The highest BCUT2D eigenvalue weighted by atomic mass is 35.5. The first-order valence-electron chi connectivity index (χ1n) is 12.5. The molecule has 0 spiro atoms. The van der Waals surface area contributed by atoms with Crippen LogP contribution in [-0.2, 0) is 4.79 Å². The predicted molar refractivity (Wildman–Crippen MR) is 153 cm³/mol. The Hall–Kier alpha value is -3.19. The summed E-state index contributed by atoms with van der Waals surface area (Å²) < 4.78 is 1.72. The van der Waals surface area contributed by atoms with E-state index in [4.69, 9.17) is 39.8 Å². The van der Waals surface area contributed by atoms with Crippen LogP contribution in [0.5, 0.6) is 0 Å². The van der Waals surface area contributed by atoms with Gasteiger partial charge in [-0.1, -0.05) is 23.2 Å². The van der Waals surface area contributed by atoms with Crippen molar-refractivity contribution < 1.29 is 14.7 Å². The summed E-state index contributed by atoms with van der Waals surface area (Å²) in [7, 11) is 2.45. The first-order valence-corrected chi connectivity index (χ1v) is 13.3. The van der Waals surface area contributed by atoms with E-state index < -0.39 is 5.91 Å². The molecule has 2 aliphatic rings. The second-order valence-electron chi connectivity index (χ2n) is 9.18. The zero-order chi connectivity index (χ0) is 28.7. The number of aromatic nitrogens is 2. The molecule has 4 rings (SSSR count). The third kappa shape index (κ3) is 7.07. The number of fused-ring (bicyclic) bond motifs is 1. The molecule has 0 saturated carbocycles. The number of likely N-dealkylation sites (tertiary alicyclic amines) is 1. The maximum Gasteiger partial charge on any atom is 0.271 e. The van der Waals surface area contributed by atoms with Gasteiger partial charge in [0.05, 0.1) is 5.56 Å². The molecule has 0 bridgehead atoms. The van der Waals surface area contributed by atoms with E-state index in [1.165, 1.54) is 7.05 Å². The Bertz CT molecular complexity index is 1270. The largest absolute Gasteiger partial charge is 0.400 e. The molecule has 39 heavy (non-hydrogen) atoms. The molecule has 5 N–H and O–H groups in total. The number of amides is 2. The Morgan fingerprint density at radius 1 is 1.15 bits per heavy atom. The van der Waals surface area contributed by atoms with E-state index in [0.717, 1.165) is 39.6 Å². The van der Waals surface area contributed by atoms with E-state index in [-0.39, 0.29) is 28.7 Å². The molecular weight excluding hydrogens is 545 g/mol. The van der Waals surface area contributed by atoms with Crippen LogP contribution >= 0.6 is 23.2 Å².